The van der Waals surface area contributed by atoms with Gasteiger partial charge in [-0.1, -0.05) is 31.2 Å². The number of anilines is 2. The molecule has 0 radical (unpaired) electrons. The fourth-order valence-corrected chi connectivity index (χ4v) is 3.41. The Morgan fingerprint density at radius 1 is 1.20 bits per heavy atom. The van der Waals surface area contributed by atoms with Crippen molar-refractivity contribution >= 4 is 11.8 Å². The molecule has 3 rings (SSSR count). The van der Waals surface area contributed by atoms with Gasteiger partial charge in [-0.05, 0) is 36.3 Å². The van der Waals surface area contributed by atoms with Gasteiger partial charge in [-0.3, -0.25) is 0 Å². The third-order valence-electron chi connectivity index (χ3n) is 4.82. The van der Waals surface area contributed by atoms with Crippen LogP contribution in [0.5, 0.6) is 0 Å². The highest BCUT2D eigenvalue weighted by Crippen LogP contribution is 2.27. The van der Waals surface area contributed by atoms with E-state index in [-0.39, 0.29) is 6.61 Å². The first-order valence-electron chi connectivity index (χ1n) is 9.08. The molecular weight excluding hydrogens is 312 g/mol. The van der Waals surface area contributed by atoms with Gasteiger partial charge < -0.3 is 14.9 Å². The molecule has 1 aliphatic rings. The van der Waals surface area contributed by atoms with Gasteiger partial charge in [-0.15, -0.1) is 0 Å². The molecule has 1 aromatic heterocycles. The Balaban J connectivity index is 1.71. The van der Waals surface area contributed by atoms with E-state index in [1.807, 2.05) is 31.1 Å². The van der Waals surface area contributed by atoms with Crippen molar-refractivity contribution < 1.29 is 5.11 Å². The van der Waals surface area contributed by atoms with Crippen LogP contribution < -0.4 is 9.80 Å². The monoisotopic (exact) mass is 340 g/mol. The van der Waals surface area contributed by atoms with E-state index in [2.05, 4.69) is 35.0 Å². The molecule has 2 aromatic rings. The summed E-state index contributed by atoms with van der Waals surface area (Å²) in [6, 6.07) is 10.4. The summed E-state index contributed by atoms with van der Waals surface area (Å²) in [7, 11) is 3.97. The first kappa shape index (κ1) is 17.7. The molecule has 5 heteroatoms. The Kier molecular flexibility index (Phi) is 5.53. The lowest BCUT2D eigenvalue weighted by Gasteiger charge is -2.21. The van der Waals surface area contributed by atoms with Crippen molar-refractivity contribution in [2.45, 2.75) is 32.8 Å². The van der Waals surface area contributed by atoms with E-state index in [0.717, 1.165) is 49.0 Å². The zero-order valence-electron chi connectivity index (χ0n) is 15.4. The number of hydrogen-bond acceptors (Lipinski definition) is 5. The molecule has 0 spiro atoms. The number of aryl methyl sites for hydroxylation is 1. The van der Waals surface area contributed by atoms with Crippen LogP contribution in [0.1, 0.15) is 30.2 Å². The number of hydrogen-bond donors (Lipinski definition) is 1. The van der Waals surface area contributed by atoms with Crippen LogP contribution in [-0.2, 0) is 19.4 Å². The van der Waals surface area contributed by atoms with Gasteiger partial charge in [0.15, 0.2) is 0 Å². The zero-order chi connectivity index (χ0) is 17.8. The second-order valence-electron chi connectivity index (χ2n) is 7.05. The van der Waals surface area contributed by atoms with Gasteiger partial charge >= 0.3 is 0 Å². The topological polar surface area (TPSA) is 52.5 Å². The van der Waals surface area contributed by atoms with Crippen LogP contribution in [0.2, 0.25) is 0 Å². The molecule has 0 bridgehead atoms. The lowest BCUT2D eigenvalue weighted by Crippen LogP contribution is -2.23. The van der Waals surface area contributed by atoms with Gasteiger partial charge in [-0.25, -0.2) is 4.98 Å². The first-order valence-corrected chi connectivity index (χ1v) is 9.08. The molecule has 1 saturated heterocycles. The molecule has 0 saturated carbocycles. The zero-order valence-corrected chi connectivity index (χ0v) is 15.4. The highest BCUT2D eigenvalue weighted by Gasteiger charge is 2.24. The number of aliphatic hydroxyl groups is 1. The summed E-state index contributed by atoms with van der Waals surface area (Å²) in [4.78, 5) is 13.7. The van der Waals surface area contributed by atoms with Gasteiger partial charge in [0.05, 0.1) is 6.61 Å². The van der Waals surface area contributed by atoms with Crippen LogP contribution in [-0.4, -0.2) is 42.3 Å². The fraction of sp³-hybridized carbons (Fsp3) is 0.500. The number of aliphatic hydroxyl groups excluding tert-OH is 1. The number of nitrogens with zero attached hydrogens (tertiary/aromatic N) is 4. The van der Waals surface area contributed by atoms with Crippen LogP contribution in [0.15, 0.2) is 30.3 Å². The van der Waals surface area contributed by atoms with Crippen molar-refractivity contribution in [3.05, 3.63) is 47.2 Å². The van der Waals surface area contributed by atoms with Gasteiger partial charge in [0, 0.05) is 38.9 Å². The minimum absolute atomic E-state index is 0.110. The quantitative estimate of drug-likeness (QED) is 0.876. The Hall–Kier alpha value is -2.14. The molecule has 1 N–H and O–H groups in total. The standard InChI is InChI=1S/C20H28N4O/c1-4-18-12-19(22-20(21-18)23(2)3)24-9-8-16(13-24)10-15-6-5-7-17(11-15)14-25/h5-7,11-12,16,25H,4,8-10,13-14H2,1-3H3/t16-/m0/s1. The SMILES string of the molecule is CCc1cc(N2CC[C@@H](Cc3cccc(CO)c3)C2)nc(N(C)C)n1. The second kappa shape index (κ2) is 7.83. The maximum atomic E-state index is 9.31. The minimum Gasteiger partial charge on any atom is -0.392 e. The van der Waals surface area contributed by atoms with Crippen LogP contribution in [0, 0.1) is 5.92 Å². The third-order valence-corrected chi connectivity index (χ3v) is 4.82. The Labute approximate surface area is 150 Å². The lowest BCUT2D eigenvalue weighted by atomic mass is 9.97. The summed E-state index contributed by atoms with van der Waals surface area (Å²) in [6.45, 7) is 4.30. The van der Waals surface area contributed by atoms with E-state index >= 15 is 0 Å². The van der Waals surface area contributed by atoms with Crippen molar-refractivity contribution in [1.29, 1.82) is 0 Å². The first-order chi connectivity index (χ1) is 12.1. The molecule has 25 heavy (non-hydrogen) atoms. The molecule has 1 aliphatic heterocycles. The van der Waals surface area contributed by atoms with Crippen molar-refractivity contribution in [2.75, 3.05) is 37.0 Å². The molecular formula is C20H28N4O. The molecule has 0 amide bonds. The smallest absolute Gasteiger partial charge is 0.227 e. The van der Waals surface area contributed by atoms with Crippen LogP contribution in [0.3, 0.4) is 0 Å². The molecule has 5 nitrogen and oxygen atoms in total. The van der Waals surface area contributed by atoms with Crippen LogP contribution in [0.25, 0.3) is 0 Å². The highest BCUT2D eigenvalue weighted by atomic mass is 16.3. The summed E-state index contributed by atoms with van der Waals surface area (Å²) in [6.07, 6.45) is 3.14. The summed E-state index contributed by atoms with van der Waals surface area (Å²) in [5, 5.41) is 9.31. The summed E-state index contributed by atoms with van der Waals surface area (Å²) in [5.41, 5.74) is 3.39. The summed E-state index contributed by atoms with van der Waals surface area (Å²) >= 11 is 0. The second-order valence-corrected chi connectivity index (χ2v) is 7.05. The lowest BCUT2D eigenvalue weighted by molar-refractivity contribution is 0.281. The van der Waals surface area contributed by atoms with Crippen molar-refractivity contribution in [2.24, 2.45) is 5.92 Å². The summed E-state index contributed by atoms with van der Waals surface area (Å²) < 4.78 is 0. The number of rotatable bonds is 6. The predicted molar refractivity (Wildman–Crippen MR) is 102 cm³/mol. The molecule has 2 heterocycles. The molecule has 134 valence electrons. The maximum Gasteiger partial charge on any atom is 0.227 e. The third kappa shape index (κ3) is 4.28. The fourth-order valence-electron chi connectivity index (χ4n) is 3.41. The highest BCUT2D eigenvalue weighted by molar-refractivity contribution is 5.46. The maximum absolute atomic E-state index is 9.31. The largest absolute Gasteiger partial charge is 0.392 e. The van der Waals surface area contributed by atoms with E-state index < -0.39 is 0 Å². The molecule has 1 fully saturated rings. The van der Waals surface area contributed by atoms with Crippen molar-refractivity contribution in [3.8, 4) is 0 Å². The van der Waals surface area contributed by atoms with E-state index in [4.69, 9.17) is 4.98 Å². The van der Waals surface area contributed by atoms with E-state index in [0.29, 0.717) is 5.92 Å². The Morgan fingerprint density at radius 3 is 2.72 bits per heavy atom. The van der Waals surface area contributed by atoms with Crippen LogP contribution in [0.4, 0.5) is 11.8 Å². The van der Waals surface area contributed by atoms with Gasteiger partial charge in [-0.2, -0.15) is 4.98 Å². The van der Waals surface area contributed by atoms with Gasteiger partial charge in [0.2, 0.25) is 5.95 Å². The number of benzene rings is 1. The molecule has 0 aliphatic carbocycles. The average molecular weight is 340 g/mol. The van der Waals surface area contributed by atoms with E-state index in [9.17, 15) is 5.11 Å². The Morgan fingerprint density at radius 2 is 2.00 bits per heavy atom. The molecule has 0 unspecified atom stereocenters. The van der Waals surface area contributed by atoms with Crippen molar-refractivity contribution in [3.63, 3.8) is 0 Å². The Bertz CT molecular complexity index is 717. The summed E-state index contributed by atoms with van der Waals surface area (Å²) in [5.74, 6) is 2.45. The minimum atomic E-state index is 0.110. The molecule has 1 aromatic carbocycles. The van der Waals surface area contributed by atoms with Crippen LogP contribution >= 0.6 is 0 Å². The van der Waals surface area contributed by atoms with Gasteiger partial charge in [0.1, 0.15) is 5.82 Å². The normalized spacial score (nSPS) is 17.1. The van der Waals surface area contributed by atoms with Gasteiger partial charge in [0.25, 0.3) is 0 Å². The van der Waals surface area contributed by atoms with E-state index in [1.165, 1.54) is 12.0 Å². The average Bonchev–Trinajstić information content (AvgIpc) is 3.10. The predicted octanol–water partition coefficient (Wildman–Crippen LogP) is 2.67. The van der Waals surface area contributed by atoms with Crippen molar-refractivity contribution in [1.82, 2.24) is 9.97 Å². The van der Waals surface area contributed by atoms with E-state index in [1.54, 1.807) is 0 Å². The molecule has 1 atom stereocenters. The number of aromatic nitrogens is 2.